The first kappa shape index (κ1) is 22.0. The SMILES string of the molecule is COc1cc(/C=C/C(=O)N[C@H](C(=O)O)C(C)C)ccc1OCc1ccccc1C. The second-order valence-corrected chi connectivity index (χ2v) is 7.03. The number of methoxy groups -OCH3 is 1. The van der Waals surface area contributed by atoms with E-state index < -0.39 is 17.9 Å². The molecule has 29 heavy (non-hydrogen) atoms. The third-order valence-electron chi connectivity index (χ3n) is 4.49. The van der Waals surface area contributed by atoms with Crippen molar-refractivity contribution < 1.29 is 24.2 Å². The normalized spacial score (nSPS) is 12.0. The first-order valence-corrected chi connectivity index (χ1v) is 9.38. The summed E-state index contributed by atoms with van der Waals surface area (Å²) in [6.07, 6.45) is 2.91. The molecule has 0 aliphatic carbocycles. The lowest BCUT2D eigenvalue weighted by Gasteiger charge is -2.16. The van der Waals surface area contributed by atoms with Crippen molar-refractivity contribution in [2.24, 2.45) is 5.92 Å². The Bertz CT molecular complexity index is 889. The largest absolute Gasteiger partial charge is 0.493 e. The molecule has 1 amide bonds. The van der Waals surface area contributed by atoms with E-state index in [0.717, 1.165) is 16.7 Å². The molecule has 6 nitrogen and oxygen atoms in total. The van der Waals surface area contributed by atoms with Gasteiger partial charge in [-0.05, 0) is 47.7 Å². The number of aliphatic carboxylic acids is 1. The number of aryl methyl sites for hydroxylation is 1. The summed E-state index contributed by atoms with van der Waals surface area (Å²) in [6.45, 7) is 5.93. The molecule has 2 aromatic rings. The zero-order valence-corrected chi connectivity index (χ0v) is 17.1. The van der Waals surface area contributed by atoms with Crippen LogP contribution in [0.4, 0.5) is 0 Å². The lowest BCUT2D eigenvalue weighted by atomic mass is 10.0. The van der Waals surface area contributed by atoms with Crippen molar-refractivity contribution in [1.29, 1.82) is 0 Å². The Kier molecular flexibility index (Phi) is 7.83. The van der Waals surface area contributed by atoms with Gasteiger partial charge in [-0.25, -0.2) is 4.79 Å². The van der Waals surface area contributed by atoms with Crippen LogP contribution in [0.3, 0.4) is 0 Å². The maximum atomic E-state index is 12.0. The highest BCUT2D eigenvalue weighted by atomic mass is 16.5. The molecular formula is C23H27NO5. The Morgan fingerprint density at radius 1 is 1.14 bits per heavy atom. The fourth-order valence-electron chi connectivity index (χ4n) is 2.72. The van der Waals surface area contributed by atoms with Crippen LogP contribution in [0.15, 0.2) is 48.5 Å². The molecule has 0 bridgehead atoms. The lowest BCUT2D eigenvalue weighted by Crippen LogP contribution is -2.43. The average molecular weight is 397 g/mol. The van der Waals surface area contributed by atoms with Gasteiger partial charge in [-0.3, -0.25) is 4.79 Å². The summed E-state index contributed by atoms with van der Waals surface area (Å²) in [7, 11) is 1.55. The quantitative estimate of drug-likeness (QED) is 0.629. The zero-order chi connectivity index (χ0) is 21.4. The highest BCUT2D eigenvalue weighted by molar-refractivity contribution is 5.94. The maximum absolute atomic E-state index is 12.0. The fraction of sp³-hybridized carbons (Fsp3) is 0.304. The van der Waals surface area contributed by atoms with E-state index in [-0.39, 0.29) is 5.92 Å². The number of amides is 1. The van der Waals surface area contributed by atoms with Crippen LogP contribution in [0.2, 0.25) is 0 Å². The number of carbonyl (C=O) groups is 2. The van der Waals surface area contributed by atoms with E-state index >= 15 is 0 Å². The van der Waals surface area contributed by atoms with E-state index in [1.165, 1.54) is 6.08 Å². The highest BCUT2D eigenvalue weighted by Crippen LogP contribution is 2.29. The number of carboxylic acids is 1. The van der Waals surface area contributed by atoms with E-state index in [2.05, 4.69) is 5.32 Å². The molecule has 1 atom stereocenters. The maximum Gasteiger partial charge on any atom is 0.326 e. The van der Waals surface area contributed by atoms with Gasteiger partial charge in [0.05, 0.1) is 7.11 Å². The Morgan fingerprint density at radius 2 is 1.86 bits per heavy atom. The molecular weight excluding hydrogens is 370 g/mol. The van der Waals surface area contributed by atoms with Gasteiger partial charge in [0.25, 0.3) is 0 Å². The molecule has 0 radical (unpaired) electrons. The van der Waals surface area contributed by atoms with Gasteiger partial charge in [-0.1, -0.05) is 44.2 Å². The number of carbonyl (C=O) groups excluding carboxylic acids is 1. The molecule has 2 rings (SSSR count). The summed E-state index contributed by atoms with van der Waals surface area (Å²) in [4.78, 5) is 23.2. The predicted molar refractivity (Wildman–Crippen MR) is 112 cm³/mol. The van der Waals surface area contributed by atoms with Gasteiger partial charge in [0.1, 0.15) is 12.6 Å². The minimum absolute atomic E-state index is 0.213. The smallest absolute Gasteiger partial charge is 0.326 e. The molecule has 0 aromatic heterocycles. The van der Waals surface area contributed by atoms with Crippen LogP contribution in [-0.2, 0) is 16.2 Å². The molecule has 0 unspecified atom stereocenters. The summed E-state index contributed by atoms with van der Waals surface area (Å²) in [5.41, 5.74) is 2.98. The number of hydrogen-bond donors (Lipinski definition) is 2. The summed E-state index contributed by atoms with van der Waals surface area (Å²) in [6, 6.07) is 12.4. The first-order chi connectivity index (χ1) is 13.8. The molecule has 0 aliphatic rings. The van der Waals surface area contributed by atoms with Crippen molar-refractivity contribution >= 4 is 18.0 Å². The molecule has 6 heteroatoms. The number of hydrogen-bond acceptors (Lipinski definition) is 4. The van der Waals surface area contributed by atoms with E-state index in [9.17, 15) is 9.59 Å². The summed E-state index contributed by atoms with van der Waals surface area (Å²) in [5.74, 6) is -0.590. The standard InChI is InChI=1S/C23H27NO5/c1-15(2)22(23(26)27)24-21(25)12-10-17-9-11-19(20(13-17)28-4)29-14-18-8-6-5-7-16(18)3/h5-13,15,22H,14H2,1-4H3,(H,24,25)(H,26,27)/b12-10+/t22-/m0/s1. The highest BCUT2D eigenvalue weighted by Gasteiger charge is 2.22. The van der Waals surface area contributed by atoms with Gasteiger partial charge in [-0.2, -0.15) is 0 Å². The van der Waals surface area contributed by atoms with Crippen molar-refractivity contribution in [2.75, 3.05) is 7.11 Å². The predicted octanol–water partition coefficient (Wildman–Crippen LogP) is 3.82. The Labute approximate surface area is 171 Å². The van der Waals surface area contributed by atoms with Gasteiger partial charge >= 0.3 is 5.97 Å². The second-order valence-electron chi connectivity index (χ2n) is 7.03. The summed E-state index contributed by atoms with van der Waals surface area (Å²) < 4.78 is 11.3. The van der Waals surface area contributed by atoms with Crippen molar-refractivity contribution in [3.63, 3.8) is 0 Å². The van der Waals surface area contributed by atoms with E-state index in [4.69, 9.17) is 14.6 Å². The van der Waals surface area contributed by atoms with Gasteiger partial charge in [-0.15, -0.1) is 0 Å². The lowest BCUT2D eigenvalue weighted by molar-refractivity contribution is -0.142. The van der Waals surface area contributed by atoms with Crippen LogP contribution in [0.25, 0.3) is 6.08 Å². The van der Waals surface area contributed by atoms with Crippen molar-refractivity contribution in [1.82, 2.24) is 5.32 Å². The van der Waals surface area contributed by atoms with Crippen molar-refractivity contribution in [2.45, 2.75) is 33.4 Å². The molecule has 0 heterocycles. The fourth-order valence-corrected chi connectivity index (χ4v) is 2.72. The molecule has 2 aromatic carbocycles. The van der Waals surface area contributed by atoms with Gasteiger partial charge in [0.2, 0.25) is 5.91 Å². The first-order valence-electron chi connectivity index (χ1n) is 9.38. The molecule has 0 fully saturated rings. The van der Waals surface area contributed by atoms with E-state index in [1.807, 2.05) is 31.2 Å². The van der Waals surface area contributed by atoms with Crippen molar-refractivity contribution in [3.8, 4) is 11.5 Å². The topological polar surface area (TPSA) is 84.9 Å². The molecule has 0 spiro atoms. The van der Waals surface area contributed by atoms with Crippen LogP contribution in [0, 0.1) is 12.8 Å². The number of nitrogens with one attached hydrogen (secondary N) is 1. The Hall–Kier alpha value is -3.28. The Balaban J connectivity index is 2.05. The van der Waals surface area contributed by atoms with Crippen LogP contribution in [-0.4, -0.2) is 30.1 Å². The van der Waals surface area contributed by atoms with Crippen LogP contribution in [0.1, 0.15) is 30.5 Å². The van der Waals surface area contributed by atoms with Crippen LogP contribution < -0.4 is 14.8 Å². The molecule has 0 aliphatic heterocycles. The average Bonchev–Trinajstić information content (AvgIpc) is 2.69. The molecule has 2 N–H and O–H groups in total. The summed E-state index contributed by atoms with van der Waals surface area (Å²) >= 11 is 0. The zero-order valence-electron chi connectivity index (χ0n) is 17.1. The molecule has 0 saturated heterocycles. The number of carboxylic acid groups (broad SMARTS) is 1. The van der Waals surface area contributed by atoms with Crippen molar-refractivity contribution in [3.05, 3.63) is 65.2 Å². The third kappa shape index (κ3) is 6.38. The van der Waals surface area contributed by atoms with Gasteiger partial charge in [0, 0.05) is 6.08 Å². The Morgan fingerprint density at radius 3 is 2.48 bits per heavy atom. The number of benzene rings is 2. The van der Waals surface area contributed by atoms with E-state index in [1.54, 1.807) is 45.2 Å². The second kappa shape index (κ2) is 10.3. The molecule has 0 saturated carbocycles. The monoisotopic (exact) mass is 397 g/mol. The number of ether oxygens (including phenoxy) is 2. The third-order valence-corrected chi connectivity index (χ3v) is 4.49. The minimum Gasteiger partial charge on any atom is -0.493 e. The van der Waals surface area contributed by atoms with Crippen LogP contribution >= 0.6 is 0 Å². The molecule has 154 valence electrons. The minimum atomic E-state index is -1.06. The van der Waals surface area contributed by atoms with E-state index in [0.29, 0.717) is 18.1 Å². The van der Waals surface area contributed by atoms with Crippen LogP contribution in [0.5, 0.6) is 11.5 Å². The van der Waals surface area contributed by atoms with Gasteiger partial charge in [0.15, 0.2) is 11.5 Å². The summed E-state index contributed by atoms with van der Waals surface area (Å²) in [5, 5.41) is 11.6. The van der Waals surface area contributed by atoms with Gasteiger partial charge < -0.3 is 19.9 Å². The number of rotatable bonds is 9.